The van der Waals surface area contributed by atoms with Crippen LogP contribution in [0.2, 0.25) is 0 Å². The molecule has 29 heavy (non-hydrogen) atoms. The summed E-state index contributed by atoms with van der Waals surface area (Å²) in [6, 6.07) is 9.63. The first-order valence-electron chi connectivity index (χ1n) is 10.2. The summed E-state index contributed by atoms with van der Waals surface area (Å²) >= 11 is 0. The first-order valence-corrected chi connectivity index (χ1v) is 10.2. The smallest absolute Gasteiger partial charge is 0.275 e. The SMILES string of the molecule is O=C(CC1CC1)N1CC2(C1)[C@@H](c1ccccc1)[C@@H](CO)N2C(=O)c1cnccn1. The Hall–Kier alpha value is -2.80. The lowest BCUT2D eigenvalue weighted by molar-refractivity contribution is -0.178. The van der Waals surface area contributed by atoms with Gasteiger partial charge in [-0.3, -0.25) is 14.6 Å². The topological polar surface area (TPSA) is 86.6 Å². The van der Waals surface area contributed by atoms with Crippen molar-refractivity contribution in [2.24, 2.45) is 5.92 Å². The Kier molecular flexibility index (Phi) is 4.35. The van der Waals surface area contributed by atoms with Gasteiger partial charge < -0.3 is 14.9 Å². The Morgan fingerprint density at radius 1 is 1.14 bits per heavy atom. The second kappa shape index (κ2) is 6.91. The third-order valence-electron chi connectivity index (χ3n) is 6.56. The van der Waals surface area contributed by atoms with Crippen molar-refractivity contribution in [1.29, 1.82) is 0 Å². The molecule has 3 aliphatic rings. The van der Waals surface area contributed by atoms with Crippen LogP contribution in [0.4, 0.5) is 0 Å². The first-order chi connectivity index (χ1) is 14.1. The molecule has 7 heteroatoms. The minimum absolute atomic E-state index is 0.0145. The van der Waals surface area contributed by atoms with E-state index in [-0.39, 0.29) is 36.1 Å². The maximum atomic E-state index is 13.3. The molecule has 1 N–H and O–H groups in total. The van der Waals surface area contributed by atoms with Crippen molar-refractivity contribution in [2.75, 3.05) is 19.7 Å². The zero-order valence-electron chi connectivity index (χ0n) is 16.1. The molecule has 0 unspecified atom stereocenters. The number of amides is 2. The van der Waals surface area contributed by atoms with Crippen molar-refractivity contribution in [3.05, 3.63) is 60.2 Å². The zero-order chi connectivity index (χ0) is 20.0. The summed E-state index contributed by atoms with van der Waals surface area (Å²) in [7, 11) is 0. The number of aromatic nitrogens is 2. The molecule has 1 saturated carbocycles. The highest BCUT2D eigenvalue weighted by atomic mass is 16.3. The lowest BCUT2D eigenvalue weighted by atomic mass is 9.60. The molecule has 2 aliphatic heterocycles. The number of benzene rings is 1. The highest BCUT2D eigenvalue weighted by Gasteiger charge is 2.68. The van der Waals surface area contributed by atoms with Crippen LogP contribution in [0.15, 0.2) is 48.9 Å². The molecule has 3 heterocycles. The molecule has 7 nitrogen and oxygen atoms in total. The third-order valence-corrected chi connectivity index (χ3v) is 6.56. The van der Waals surface area contributed by atoms with Gasteiger partial charge in [0.25, 0.3) is 5.91 Å². The summed E-state index contributed by atoms with van der Waals surface area (Å²) in [6.45, 7) is 0.866. The molecule has 2 atom stereocenters. The molecule has 2 aromatic rings. The number of aliphatic hydroxyl groups excluding tert-OH is 1. The van der Waals surface area contributed by atoms with E-state index in [4.69, 9.17) is 0 Å². The Morgan fingerprint density at radius 2 is 1.90 bits per heavy atom. The Balaban J connectivity index is 1.45. The molecular weight excluding hydrogens is 368 g/mol. The van der Waals surface area contributed by atoms with Crippen LogP contribution in [0.3, 0.4) is 0 Å². The predicted molar refractivity (Wildman–Crippen MR) is 105 cm³/mol. The van der Waals surface area contributed by atoms with Gasteiger partial charge in [-0.2, -0.15) is 0 Å². The van der Waals surface area contributed by atoms with Crippen molar-refractivity contribution in [1.82, 2.24) is 19.8 Å². The van der Waals surface area contributed by atoms with Crippen molar-refractivity contribution in [2.45, 2.75) is 36.8 Å². The van der Waals surface area contributed by atoms with E-state index < -0.39 is 5.54 Å². The first kappa shape index (κ1) is 18.2. The Labute approximate surface area is 169 Å². The average Bonchev–Trinajstić information content (AvgIpc) is 3.52. The van der Waals surface area contributed by atoms with E-state index in [2.05, 4.69) is 9.97 Å². The van der Waals surface area contributed by atoms with Gasteiger partial charge in [0.15, 0.2) is 0 Å². The molecule has 1 spiro atoms. The van der Waals surface area contributed by atoms with Gasteiger partial charge in [-0.1, -0.05) is 30.3 Å². The fourth-order valence-electron chi connectivity index (χ4n) is 5.01. The molecule has 0 radical (unpaired) electrons. The van der Waals surface area contributed by atoms with Crippen LogP contribution >= 0.6 is 0 Å². The van der Waals surface area contributed by atoms with Gasteiger partial charge in [0.2, 0.25) is 5.91 Å². The van der Waals surface area contributed by atoms with Crippen LogP contribution in [0.5, 0.6) is 0 Å². The predicted octanol–water partition coefficient (Wildman–Crippen LogP) is 1.46. The highest BCUT2D eigenvalue weighted by Crippen LogP contribution is 2.54. The van der Waals surface area contributed by atoms with Crippen LogP contribution in [0.1, 0.15) is 41.2 Å². The lowest BCUT2D eigenvalue weighted by Gasteiger charge is -2.70. The Morgan fingerprint density at radius 3 is 2.52 bits per heavy atom. The van der Waals surface area contributed by atoms with E-state index in [1.165, 1.54) is 18.6 Å². The summed E-state index contributed by atoms with van der Waals surface area (Å²) in [5, 5.41) is 10.1. The number of carbonyl (C=O) groups excluding carboxylic acids is 2. The van der Waals surface area contributed by atoms with Crippen LogP contribution in [0.25, 0.3) is 0 Å². The van der Waals surface area contributed by atoms with Crippen molar-refractivity contribution < 1.29 is 14.7 Å². The number of hydrogen-bond acceptors (Lipinski definition) is 5. The second-order valence-corrected chi connectivity index (χ2v) is 8.40. The van der Waals surface area contributed by atoms with Crippen LogP contribution in [-0.4, -0.2) is 68.0 Å². The molecule has 5 rings (SSSR count). The monoisotopic (exact) mass is 392 g/mol. The number of hydrogen-bond donors (Lipinski definition) is 1. The van der Waals surface area contributed by atoms with Gasteiger partial charge in [-0.25, -0.2) is 4.98 Å². The van der Waals surface area contributed by atoms with Crippen molar-refractivity contribution in [3.63, 3.8) is 0 Å². The van der Waals surface area contributed by atoms with Crippen molar-refractivity contribution >= 4 is 11.8 Å². The van der Waals surface area contributed by atoms with E-state index in [0.717, 1.165) is 18.4 Å². The largest absolute Gasteiger partial charge is 0.394 e. The summed E-state index contributed by atoms with van der Waals surface area (Å²) in [5.74, 6) is 0.454. The van der Waals surface area contributed by atoms with E-state index in [1.807, 2.05) is 35.2 Å². The van der Waals surface area contributed by atoms with Crippen LogP contribution in [0, 0.1) is 5.92 Å². The molecule has 1 aromatic carbocycles. The molecule has 1 aromatic heterocycles. The lowest BCUT2D eigenvalue weighted by Crippen LogP contribution is -2.86. The van der Waals surface area contributed by atoms with Crippen molar-refractivity contribution in [3.8, 4) is 0 Å². The quantitative estimate of drug-likeness (QED) is 0.833. The number of likely N-dealkylation sites (tertiary alicyclic amines) is 2. The fourth-order valence-corrected chi connectivity index (χ4v) is 5.01. The summed E-state index contributed by atoms with van der Waals surface area (Å²) in [4.78, 5) is 37.6. The average molecular weight is 392 g/mol. The molecule has 150 valence electrons. The molecule has 1 aliphatic carbocycles. The zero-order valence-corrected chi connectivity index (χ0v) is 16.1. The summed E-state index contributed by atoms with van der Waals surface area (Å²) in [5.41, 5.74) is 0.853. The van der Waals surface area contributed by atoms with E-state index >= 15 is 0 Å². The molecule has 3 fully saturated rings. The normalized spacial score (nSPS) is 24.7. The van der Waals surface area contributed by atoms with Crippen LogP contribution < -0.4 is 0 Å². The number of carbonyl (C=O) groups is 2. The van der Waals surface area contributed by atoms with E-state index in [0.29, 0.717) is 25.4 Å². The van der Waals surface area contributed by atoms with E-state index in [1.54, 1.807) is 4.90 Å². The Bertz CT molecular complexity index is 910. The maximum Gasteiger partial charge on any atom is 0.275 e. The molecular formula is C22H24N4O3. The third kappa shape index (κ3) is 2.92. The van der Waals surface area contributed by atoms with E-state index in [9.17, 15) is 14.7 Å². The highest BCUT2D eigenvalue weighted by molar-refractivity contribution is 5.94. The van der Waals surface area contributed by atoms with Gasteiger partial charge in [-0.15, -0.1) is 0 Å². The standard InChI is InChI=1S/C22H24N4O3/c27-12-18-20(16-4-2-1-3-5-16)22(13-25(14-22)19(28)10-15-6-7-15)26(18)21(29)17-11-23-8-9-24-17/h1-5,8-9,11,15,18,20,27H,6-7,10,12-14H2/t18-,20+/m1/s1. The van der Waals surface area contributed by atoms with Gasteiger partial charge in [-0.05, 0) is 24.3 Å². The summed E-state index contributed by atoms with van der Waals surface area (Å²) in [6.07, 6.45) is 7.36. The number of nitrogens with zero attached hydrogens (tertiary/aromatic N) is 4. The number of aliphatic hydroxyl groups is 1. The molecule has 2 saturated heterocycles. The minimum atomic E-state index is -0.497. The van der Waals surface area contributed by atoms with Gasteiger partial charge in [0.05, 0.1) is 24.4 Å². The summed E-state index contributed by atoms with van der Waals surface area (Å²) < 4.78 is 0. The molecule has 0 bridgehead atoms. The fraction of sp³-hybridized carbons (Fsp3) is 0.455. The number of rotatable bonds is 5. The maximum absolute atomic E-state index is 13.3. The van der Waals surface area contributed by atoms with Gasteiger partial charge in [0.1, 0.15) is 5.69 Å². The van der Waals surface area contributed by atoms with Gasteiger partial charge in [0, 0.05) is 37.8 Å². The second-order valence-electron chi connectivity index (χ2n) is 8.40. The molecule has 2 amide bonds. The van der Waals surface area contributed by atoms with Crippen LogP contribution in [-0.2, 0) is 4.79 Å². The van der Waals surface area contributed by atoms with Gasteiger partial charge >= 0.3 is 0 Å². The minimum Gasteiger partial charge on any atom is -0.394 e.